The van der Waals surface area contributed by atoms with Gasteiger partial charge < -0.3 is 5.73 Å². The zero-order chi connectivity index (χ0) is 15.6. The van der Waals surface area contributed by atoms with Crippen molar-refractivity contribution in [3.05, 3.63) is 49.6 Å². The van der Waals surface area contributed by atoms with E-state index in [2.05, 4.69) is 15.9 Å². The fourth-order valence-corrected chi connectivity index (χ4v) is 4.86. The Morgan fingerprint density at radius 2 is 2.10 bits per heavy atom. The van der Waals surface area contributed by atoms with E-state index in [1.807, 2.05) is 11.4 Å². The van der Waals surface area contributed by atoms with Crippen LogP contribution in [0.3, 0.4) is 0 Å². The van der Waals surface area contributed by atoms with Crippen molar-refractivity contribution in [1.29, 1.82) is 0 Å². The van der Waals surface area contributed by atoms with E-state index in [1.165, 1.54) is 27.8 Å². The lowest BCUT2D eigenvalue weighted by Gasteiger charge is -2.17. The summed E-state index contributed by atoms with van der Waals surface area (Å²) in [4.78, 5) is 1.13. The molecule has 0 radical (unpaired) electrons. The molecule has 2 rings (SSSR count). The maximum Gasteiger partial charge on any atom is 0.243 e. The lowest BCUT2D eigenvalue weighted by atomic mass is 10.2. The maximum absolute atomic E-state index is 12.5. The van der Waals surface area contributed by atoms with E-state index in [0.29, 0.717) is 11.6 Å². The van der Waals surface area contributed by atoms with E-state index >= 15 is 0 Å². The van der Waals surface area contributed by atoms with E-state index < -0.39 is 10.0 Å². The Hall–Kier alpha value is -0.440. The van der Waals surface area contributed by atoms with Crippen LogP contribution in [0.5, 0.6) is 0 Å². The quantitative estimate of drug-likeness (QED) is 0.822. The standard InChI is InChI=1S/C13H14BrClN2O2S2/c1-17(7-11-4-10(14)8-20-11)21(18,19)12-3-2-9(6-16)13(15)5-12/h2-5,8H,6-7,16H2,1H3. The summed E-state index contributed by atoms with van der Waals surface area (Å²) in [7, 11) is -2.03. The first kappa shape index (κ1) is 16.9. The van der Waals surface area contributed by atoms with Gasteiger partial charge in [0.15, 0.2) is 0 Å². The molecule has 0 spiro atoms. The molecule has 1 aromatic carbocycles. The van der Waals surface area contributed by atoms with Crippen molar-refractivity contribution in [2.24, 2.45) is 5.73 Å². The van der Waals surface area contributed by atoms with E-state index in [4.69, 9.17) is 17.3 Å². The lowest BCUT2D eigenvalue weighted by Crippen LogP contribution is -2.26. The molecule has 2 N–H and O–H groups in total. The van der Waals surface area contributed by atoms with Crippen LogP contribution in [0.25, 0.3) is 0 Å². The van der Waals surface area contributed by atoms with Gasteiger partial charge in [0.1, 0.15) is 0 Å². The van der Waals surface area contributed by atoms with Crippen molar-refractivity contribution in [1.82, 2.24) is 4.31 Å². The summed E-state index contributed by atoms with van der Waals surface area (Å²) >= 11 is 10.9. The molecule has 0 fully saturated rings. The summed E-state index contributed by atoms with van der Waals surface area (Å²) in [6, 6.07) is 6.52. The van der Waals surface area contributed by atoms with Crippen molar-refractivity contribution in [2.75, 3.05) is 7.05 Å². The average molecular weight is 410 g/mol. The van der Waals surface area contributed by atoms with E-state index in [0.717, 1.165) is 14.9 Å². The number of hydrogen-bond donors (Lipinski definition) is 1. The molecule has 0 aliphatic rings. The van der Waals surface area contributed by atoms with Crippen molar-refractivity contribution in [3.8, 4) is 0 Å². The molecule has 0 atom stereocenters. The minimum absolute atomic E-state index is 0.169. The molecule has 0 saturated heterocycles. The topological polar surface area (TPSA) is 63.4 Å². The summed E-state index contributed by atoms with van der Waals surface area (Å²) in [5.74, 6) is 0. The molecule has 0 unspecified atom stereocenters. The van der Waals surface area contributed by atoms with Crippen molar-refractivity contribution in [2.45, 2.75) is 18.0 Å². The molecule has 1 aromatic heterocycles. The molecule has 0 aliphatic carbocycles. The zero-order valence-corrected chi connectivity index (χ0v) is 15.2. The first-order valence-corrected chi connectivity index (χ1v) is 9.51. The summed E-state index contributed by atoms with van der Waals surface area (Å²) in [5, 5.41) is 2.29. The fourth-order valence-electron chi connectivity index (χ4n) is 1.78. The molecule has 2 aromatic rings. The molecule has 0 amide bonds. The Morgan fingerprint density at radius 3 is 2.62 bits per heavy atom. The highest BCUT2D eigenvalue weighted by Crippen LogP contribution is 2.25. The van der Waals surface area contributed by atoms with Gasteiger partial charge >= 0.3 is 0 Å². The fraction of sp³-hybridized carbons (Fsp3) is 0.231. The smallest absolute Gasteiger partial charge is 0.243 e. The van der Waals surface area contributed by atoms with Crippen LogP contribution in [0.1, 0.15) is 10.4 Å². The second-order valence-electron chi connectivity index (χ2n) is 4.45. The lowest BCUT2D eigenvalue weighted by molar-refractivity contribution is 0.469. The normalized spacial score (nSPS) is 12.0. The Balaban J connectivity index is 2.26. The largest absolute Gasteiger partial charge is 0.326 e. The van der Waals surface area contributed by atoms with E-state index in [-0.39, 0.29) is 11.4 Å². The number of nitrogens with zero attached hydrogens (tertiary/aromatic N) is 1. The van der Waals surface area contributed by atoms with Crippen molar-refractivity contribution >= 4 is 48.9 Å². The van der Waals surface area contributed by atoms with E-state index in [1.54, 1.807) is 13.1 Å². The third-order valence-electron chi connectivity index (χ3n) is 2.95. The maximum atomic E-state index is 12.5. The van der Waals surface area contributed by atoms with Gasteiger partial charge in [0.2, 0.25) is 10.0 Å². The number of halogens is 2. The molecule has 4 nitrogen and oxygen atoms in total. The first-order valence-electron chi connectivity index (χ1n) is 6.02. The number of hydrogen-bond acceptors (Lipinski definition) is 4. The Morgan fingerprint density at radius 1 is 1.38 bits per heavy atom. The Kier molecular flexibility index (Phi) is 5.45. The van der Waals surface area contributed by atoms with Crippen LogP contribution >= 0.6 is 38.9 Å². The summed E-state index contributed by atoms with van der Waals surface area (Å²) in [6.07, 6.45) is 0. The molecule has 114 valence electrons. The van der Waals surface area contributed by atoms with Crippen LogP contribution in [0.2, 0.25) is 5.02 Å². The van der Waals surface area contributed by atoms with Gasteiger partial charge in [-0.15, -0.1) is 11.3 Å². The second-order valence-corrected chi connectivity index (χ2v) is 8.81. The van der Waals surface area contributed by atoms with Gasteiger partial charge in [0.25, 0.3) is 0 Å². The van der Waals surface area contributed by atoms with E-state index in [9.17, 15) is 8.42 Å². The van der Waals surface area contributed by atoms with Crippen molar-refractivity contribution < 1.29 is 8.42 Å². The molecular weight excluding hydrogens is 396 g/mol. The van der Waals surface area contributed by atoms with Gasteiger partial charge in [0.05, 0.1) is 4.90 Å². The van der Waals surface area contributed by atoms with Gasteiger partial charge in [0, 0.05) is 39.9 Å². The highest BCUT2D eigenvalue weighted by Gasteiger charge is 2.22. The van der Waals surface area contributed by atoms with Gasteiger partial charge in [-0.2, -0.15) is 4.31 Å². The van der Waals surface area contributed by atoms with Crippen LogP contribution < -0.4 is 5.73 Å². The molecule has 0 bridgehead atoms. The third-order valence-corrected chi connectivity index (χ3v) is 6.79. The van der Waals surface area contributed by atoms with Crippen LogP contribution in [-0.4, -0.2) is 19.8 Å². The van der Waals surface area contributed by atoms with Crippen LogP contribution in [-0.2, 0) is 23.1 Å². The van der Waals surface area contributed by atoms with Gasteiger partial charge in [-0.1, -0.05) is 17.7 Å². The minimum atomic E-state index is -3.58. The highest BCUT2D eigenvalue weighted by molar-refractivity contribution is 9.10. The second kappa shape index (κ2) is 6.76. The first-order chi connectivity index (χ1) is 9.84. The average Bonchev–Trinajstić information content (AvgIpc) is 2.83. The SMILES string of the molecule is CN(Cc1cc(Br)cs1)S(=O)(=O)c1ccc(CN)c(Cl)c1. The van der Waals surface area contributed by atoms with Crippen LogP contribution in [0.15, 0.2) is 39.0 Å². The number of sulfonamides is 1. The van der Waals surface area contributed by atoms with Crippen molar-refractivity contribution in [3.63, 3.8) is 0 Å². The minimum Gasteiger partial charge on any atom is -0.326 e. The molecule has 8 heteroatoms. The van der Waals surface area contributed by atoms with Gasteiger partial charge in [-0.3, -0.25) is 0 Å². The number of thiophene rings is 1. The summed E-state index contributed by atoms with van der Waals surface area (Å²) < 4.78 is 27.3. The molecular formula is C13H14BrClN2O2S2. The number of benzene rings is 1. The zero-order valence-electron chi connectivity index (χ0n) is 11.2. The van der Waals surface area contributed by atoms with Crippen LogP contribution in [0, 0.1) is 0 Å². The summed E-state index contributed by atoms with van der Waals surface area (Å²) in [6.45, 7) is 0.590. The Bertz CT molecular complexity index is 746. The van der Waals surface area contributed by atoms with Gasteiger partial charge in [-0.25, -0.2) is 8.42 Å². The highest BCUT2D eigenvalue weighted by atomic mass is 79.9. The molecule has 1 heterocycles. The molecule has 0 saturated carbocycles. The predicted octanol–water partition coefficient (Wildman–Crippen LogP) is 3.44. The molecule has 21 heavy (non-hydrogen) atoms. The Labute approximate surface area is 141 Å². The number of rotatable bonds is 5. The molecule has 0 aliphatic heterocycles. The monoisotopic (exact) mass is 408 g/mol. The predicted molar refractivity (Wildman–Crippen MR) is 90.0 cm³/mol. The third kappa shape index (κ3) is 3.85. The van der Waals surface area contributed by atoms with Crippen LogP contribution in [0.4, 0.5) is 0 Å². The summed E-state index contributed by atoms with van der Waals surface area (Å²) in [5.41, 5.74) is 6.25. The van der Waals surface area contributed by atoms with Gasteiger partial charge in [-0.05, 0) is 39.7 Å². The number of nitrogens with two attached hydrogens (primary N) is 1.